The molecule has 1 heterocycles. The summed E-state index contributed by atoms with van der Waals surface area (Å²) >= 11 is 0. The first kappa shape index (κ1) is 25.3. The number of nitrogens with zero attached hydrogens (tertiary/aromatic N) is 2. The van der Waals surface area contributed by atoms with Gasteiger partial charge in [-0.25, -0.2) is 13.8 Å². The zero-order chi connectivity index (χ0) is 24.9. The fourth-order valence-electron chi connectivity index (χ4n) is 3.08. The fourth-order valence-corrected chi connectivity index (χ4v) is 4.23. The maximum absolute atomic E-state index is 12.8. The maximum Gasteiger partial charge on any atom is 0.255 e. The van der Waals surface area contributed by atoms with Crippen LogP contribution in [0.2, 0.25) is 0 Å². The molecule has 2 aromatic rings. The Hall–Kier alpha value is -3.31. The third-order valence-electron chi connectivity index (χ3n) is 5.04. The molecule has 0 fully saturated rings. The van der Waals surface area contributed by atoms with Crippen LogP contribution in [0.1, 0.15) is 19.4 Å². The van der Waals surface area contributed by atoms with Gasteiger partial charge in [0.1, 0.15) is 0 Å². The molecule has 0 bridgehead atoms. The van der Waals surface area contributed by atoms with E-state index in [1.807, 2.05) is 0 Å². The van der Waals surface area contributed by atoms with Crippen LogP contribution in [0, 0.1) is 5.41 Å². The fraction of sp³-hybridized carbons (Fsp3) is 0.391. The molecule has 1 aliphatic heterocycles. The van der Waals surface area contributed by atoms with E-state index in [0.717, 1.165) is 4.31 Å². The highest BCUT2D eigenvalue weighted by Gasteiger charge is 2.26. The van der Waals surface area contributed by atoms with Crippen LogP contribution in [0.25, 0.3) is 0 Å². The first-order valence-corrected chi connectivity index (χ1v) is 11.9. The van der Waals surface area contributed by atoms with Gasteiger partial charge in [0.25, 0.3) is 5.91 Å². The molecule has 0 saturated heterocycles. The molecule has 1 N–H and O–H groups in total. The van der Waals surface area contributed by atoms with Gasteiger partial charge in [0.05, 0.1) is 45.1 Å². The molecule has 3 rings (SSSR count). The summed E-state index contributed by atoms with van der Waals surface area (Å²) < 4.78 is 48.5. The molecule has 0 saturated carbocycles. The average molecular weight is 492 g/mol. The number of benzene rings is 2. The van der Waals surface area contributed by atoms with Crippen molar-refractivity contribution in [3.63, 3.8) is 0 Å². The molecule has 0 aromatic heterocycles. The number of carbonyl (C=O) groups is 1. The second-order valence-corrected chi connectivity index (χ2v) is 10.6. The van der Waals surface area contributed by atoms with Gasteiger partial charge in [-0.15, -0.1) is 0 Å². The number of ether oxygens (including phenoxy) is 4. The minimum absolute atomic E-state index is 0.0284. The molecule has 0 spiro atoms. The molecular formula is C23H29N3O7S. The van der Waals surface area contributed by atoms with E-state index in [2.05, 4.69) is 24.4 Å². The van der Waals surface area contributed by atoms with Crippen molar-refractivity contribution in [2.75, 3.05) is 41.0 Å². The Morgan fingerprint density at radius 3 is 2.44 bits per heavy atom. The van der Waals surface area contributed by atoms with Crippen molar-refractivity contribution in [2.45, 2.75) is 18.7 Å². The predicted octanol–water partition coefficient (Wildman–Crippen LogP) is 2.27. The van der Waals surface area contributed by atoms with E-state index in [4.69, 9.17) is 18.9 Å². The minimum Gasteiger partial charge on any atom is -0.493 e. The highest BCUT2D eigenvalue weighted by molar-refractivity contribution is 7.89. The highest BCUT2D eigenvalue weighted by Crippen LogP contribution is 2.34. The van der Waals surface area contributed by atoms with Crippen molar-refractivity contribution in [1.82, 2.24) is 9.73 Å². The number of methoxy groups -OCH3 is 2. The Kier molecular flexibility index (Phi) is 7.68. The van der Waals surface area contributed by atoms with Crippen LogP contribution in [0.3, 0.4) is 0 Å². The van der Waals surface area contributed by atoms with Gasteiger partial charge in [-0.3, -0.25) is 4.79 Å². The monoisotopic (exact) mass is 491 g/mol. The van der Waals surface area contributed by atoms with Crippen LogP contribution in [-0.2, 0) is 14.8 Å². The summed E-state index contributed by atoms with van der Waals surface area (Å²) in [6, 6.07) is 9.54. The van der Waals surface area contributed by atoms with E-state index in [9.17, 15) is 13.2 Å². The number of nitrogens with one attached hydrogen (secondary N) is 1. The molecular weight excluding hydrogens is 462 g/mol. The first-order valence-electron chi connectivity index (χ1n) is 10.5. The van der Waals surface area contributed by atoms with Crippen LogP contribution >= 0.6 is 0 Å². The van der Waals surface area contributed by atoms with Crippen molar-refractivity contribution in [3.8, 4) is 23.0 Å². The summed E-state index contributed by atoms with van der Waals surface area (Å²) in [7, 11) is 0.233. The Balaban J connectivity index is 1.61. The summed E-state index contributed by atoms with van der Waals surface area (Å²) in [5.74, 6) is 1.31. The molecule has 0 unspecified atom stereocenters. The molecule has 10 nitrogen and oxygen atoms in total. The standard InChI is InChI=1S/C23H29N3O7S/c1-23(2)14-32-19-8-6-16(10-21(19)33-15-23)12-24-25-22(27)13-26(3)34(28,29)17-7-9-18(30-4)20(11-17)31-5/h6-12H,13-15H2,1-5H3,(H,25,27)/b24-12-. The summed E-state index contributed by atoms with van der Waals surface area (Å²) in [5, 5.41) is 3.92. The number of hydrazone groups is 1. The predicted molar refractivity (Wildman–Crippen MR) is 126 cm³/mol. The molecule has 34 heavy (non-hydrogen) atoms. The molecule has 2 aromatic carbocycles. The summed E-state index contributed by atoms with van der Waals surface area (Å²) in [6.45, 7) is 4.74. The van der Waals surface area contributed by atoms with Crippen molar-refractivity contribution < 1.29 is 32.2 Å². The molecule has 11 heteroatoms. The summed E-state index contributed by atoms with van der Waals surface area (Å²) in [6.07, 6.45) is 1.44. The zero-order valence-corrected chi connectivity index (χ0v) is 20.6. The van der Waals surface area contributed by atoms with Crippen molar-refractivity contribution in [2.24, 2.45) is 10.5 Å². The summed E-state index contributed by atoms with van der Waals surface area (Å²) in [4.78, 5) is 12.2. The normalized spacial score (nSPS) is 15.1. The van der Waals surface area contributed by atoms with Gasteiger partial charge >= 0.3 is 0 Å². The van der Waals surface area contributed by atoms with Gasteiger partial charge in [-0.1, -0.05) is 13.8 Å². The van der Waals surface area contributed by atoms with Crippen molar-refractivity contribution in [1.29, 1.82) is 0 Å². The number of amides is 1. The van der Waals surface area contributed by atoms with Crippen molar-refractivity contribution in [3.05, 3.63) is 42.0 Å². The lowest BCUT2D eigenvalue weighted by molar-refractivity contribution is -0.121. The quantitative estimate of drug-likeness (QED) is 0.445. The van der Waals surface area contributed by atoms with Crippen LogP contribution in [0.15, 0.2) is 46.4 Å². The molecule has 184 valence electrons. The Bertz CT molecular complexity index is 1180. The lowest BCUT2D eigenvalue weighted by atomic mass is 9.97. The minimum atomic E-state index is -3.94. The smallest absolute Gasteiger partial charge is 0.255 e. The summed E-state index contributed by atoms with van der Waals surface area (Å²) in [5.41, 5.74) is 2.92. The molecule has 1 aliphatic rings. The number of rotatable bonds is 8. The Morgan fingerprint density at radius 1 is 1.09 bits per heavy atom. The van der Waals surface area contributed by atoms with E-state index >= 15 is 0 Å². The number of fused-ring (bicyclic) bond motifs is 1. The Labute approximate surface area is 199 Å². The van der Waals surface area contributed by atoms with Gasteiger partial charge < -0.3 is 18.9 Å². The topological polar surface area (TPSA) is 116 Å². The number of sulfonamides is 1. The van der Waals surface area contributed by atoms with Crippen LogP contribution in [-0.4, -0.2) is 65.9 Å². The van der Waals surface area contributed by atoms with Crippen molar-refractivity contribution >= 4 is 22.1 Å². The lowest BCUT2D eigenvalue weighted by Gasteiger charge is -2.19. The number of carbonyl (C=O) groups excluding carboxylic acids is 1. The molecule has 1 amide bonds. The largest absolute Gasteiger partial charge is 0.493 e. The number of hydrogen-bond acceptors (Lipinski definition) is 8. The number of likely N-dealkylation sites (N-methyl/N-ethyl adjacent to an activating group) is 1. The van der Waals surface area contributed by atoms with Gasteiger partial charge in [0.15, 0.2) is 23.0 Å². The van der Waals surface area contributed by atoms with Gasteiger partial charge in [-0.05, 0) is 35.9 Å². The highest BCUT2D eigenvalue weighted by atomic mass is 32.2. The third-order valence-corrected chi connectivity index (χ3v) is 6.84. The molecule has 0 radical (unpaired) electrons. The first-order chi connectivity index (χ1) is 16.1. The second kappa shape index (κ2) is 10.3. The third kappa shape index (κ3) is 5.97. The van der Waals surface area contributed by atoms with E-state index in [0.29, 0.717) is 36.0 Å². The average Bonchev–Trinajstić information content (AvgIpc) is 2.96. The lowest BCUT2D eigenvalue weighted by Crippen LogP contribution is -2.36. The maximum atomic E-state index is 12.8. The van der Waals surface area contributed by atoms with Gasteiger partial charge in [0, 0.05) is 18.5 Å². The van der Waals surface area contributed by atoms with Gasteiger partial charge in [0.2, 0.25) is 10.0 Å². The SMILES string of the molecule is COc1ccc(S(=O)(=O)N(C)CC(=O)N/N=C\c2ccc3c(c2)OCC(C)(C)CO3)cc1OC. The van der Waals surface area contributed by atoms with E-state index in [-0.39, 0.29) is 16.1 Å². The van der Waals surface area contributed by atoms with Crippen LogP contribution in [0.4, 0.5) is 0 Å². The number of hydrogen-bond donors (Lipinski definition) is 1. The van der Waals surface area contributed by atoms with E-state index in [1.165, 1.54) is 45.7 Å². The van der Waals surface area contributed by atoms with E-state index < -0.39 is 22.5 Å². The van der Waals surface area contributed by atoms with E-state index in [1.54, 1.807) is 18.2 Å². The van der Waals surface area contributed by atoms with Crippen LogP contribution < -0.4 is 24.4 Å². The molecule has 0 atom stereocenters. The zero-order valence-electron chi connectivity index (χ0n) is 19.8. The van der Waals surface area contributed by atoms with Gasteiger partial charge in [-0.2, -0.15) is 9.41 Å². The Morgan fingerprint density at radius 2 is 1.76 bits per heavy atom. The van der Waals surface area contributed by atoms with Crippen LogP contribution in [0.5, 0.6) is 23.0 Å². The second-order valence-electron chi connectivity index (χ2n) is 8.52. The molecule has 0 aliphatic carbocycles.